The Morgan fingerprint density at radius 3 is 2.59 bits per heavy atom. The van der Waals surface area contributed by atoms with Gasteiger partial charge in [-0.3, -0.25) is 9.62 Å². The number of anilines is 2. The lowest BCUT2D eigenvalue weighted by molar-refractivity contribution is 0.118. The van der Waals surface area contributed by atoms with Gasteiger partial charge in [0.2, 0.25) is 0 Å². The predicted molar refractivity (Wildman–Crippen MR) is 145 cm³/mol. The van der Waals surface area contributed by atoms with Crippen LogP contribution in [0.4, 0.5) is 16.3 Å². The lowest BCUT2D eigenvalue weighted by Crippen LogP contribution is -2.45. The maximum atomic E-state index is 12.9. The standard InChI is InChI=1S/C26H35ClN6O3S/c1-37(35)29-24-4-8-33(28-24)25(34)31-10-6-26(7-11-31)5-9-30(18-26)13-19-2-3-23(22(27)12-19)32-14-20-16-36-17-21(20)15-32/h2-4,8,12,20-21H,5-7,9-11,13-18H2,1H3,(H,28,29). The molecule has 3 unspecified atom stereocenters. The molecule has 37 heavy (non-hydrogen) atoms. The maximum absolute atomic E-state index is 12.9. The van der Waals surface area contributed by atoms with Crippen LogP contribution in [0.2, 0.25) is 5.02 Å². The molecule has 0 aliphatic carbocycles. The summed E-state index contributed by atoms with van der Waals surface area (Å²) in [5.41, 5.74) is 2.68. The summed E-state index contributed by atoms with van der Waals surface area (Å²) >= 11 is 6.76. The van der Waals surface area contributed by atoms with Crippen molar-refractivity contribution in [1.29, 1.82) is 0 Å². The Labute approximate surface area is 225 Å². The summed E-state index contributed by atoms with van der Waals surface area (Å²) < 4.78 is 21.0. The summed E-state index contributed by atoms with van der Waals surface area (Å²) in [5.74, 6) is 1.72. The van der Waals surface area contributed by atoms with E-state index in [4.69, 9.17) is 16.3 Å². The molecular weight excluding hydrogens is 512 g/mol. The summed E-state index contributed by atoms with van der Waals surface area (Å²) in [6.07, 6.45) is 6.33. The summed E-state index contributed by atoms with van der Waals surface area (Å²) in [5, 5.41) is 5.07. The highest BCUT2D eigenvalue weighted by molar-refractivity contribution is 7.85. The number of amides is 1. The van der Waals surface area contributed by atoms with Crippen molar-refractivity contribution in [2.75, 3.05) is 68.4 Å². The van der Waals surface area contributed by atoms with Crippen molar-refractivity contribution >= 4 is 40.1 Å². The molecule has 4 aliphatic rings. The Balaban J connectivity index is 1.01. The van der Waals surface area contributed by atoms with Crippen molar-refractivity contribution in [2.45, 2.75) is 25.8 Å². The van der Waals surface area contributed by atoms with Crippen LogP contribution < -0.4 is 9.62 Å². The van der Waals surface area contributed by atoms with Crippen LogP contribution in [0, 0.1) is 17.3 Å². The van der Waals surface area contributed by atoms with Crippen LogP contribution in [0.5, 0.6) is 0 Å². The Hall–Kier alpha value is -2.14. The number of ether oxygens (including phenoxy) is 1. The zero-order valence-electron chi connectivity index (χ0n) is 21.3. The van der Waals surface area contributed by atoms with Crippen LogP contribution in [0.15, 0.2) is 30.5 Å². The van der Waals surface area contributed by atoms with Gasteiger partial charge in [-0.05, 0) is 48.9 Å². The largest absolute Gasteiger partial charge is 0.381 e. The molecular formula is C26H35ClN6O3S. The molecule has 5 heterocycles. The van der Waals surface area contributed by atoms with E-state index in [0.29, 0.717) is 17.7 Å². The summed E-state index contributed by atoms with van der Waals surface area (Å²) in [7, 11) is -1.22. The molecule has 4 saturated heterocycles. The van der Waals surface area contributed by atoms with Crippen molar-refractivity contribution in [1.82, 2.24) is 19.6 Å². The quantitative estimate of drug-likeness (QED) is 0.620. The smallest absolute Gasteiger partial charge is 0.344 e. The number of hydrogen-bond donors (Lipinski definition) is 1. The third kappa shape index (κ3) is 5.26. The number of carbonyl (C=O) groups excluding carboxylic acids is 1. The molecule has 1 amide bonds. The third-order valence-electron chi connectivity index (χ3n) is 8.64. The number of hydrogen-bond acceptors (Lipinski definition) is 6. The molecule has 1 aromatic heterocycles. The second kappa shape index (κ2) is 10.2. The minimum atomic E-state index is -1.22. The van der Waals surface area contributed by atoms with Crippen molar-refractivity contribution < 1.29 is 13.7 Å². The van der Waals surface area contributed by atoms with Gasteiger partial charge >= 0.3 is 6.03 Å². The Morgan fingerprint density at radius 1 is 1.16 bits per heavy atom. The lowest BCUT2D eigenvalue weighted by Gasteiger charge is -2.39. The van der Waals surface area contributed by atoms with E-state index in [-0.39, 0.29) is 11.4 Å². The first-order chi connectivity index (χ1) is 17.9. The Bertz CT molecular complexity index is 1170. The second-order valence-electron chi connectivity index (χ2n) is 11.2. The van der Waals surface area contributed by atoms with E-state index in [1.807, 2.05) is 4.90 Å². The average Bonchev–Trinajstić information content (AvgIpc) is 3.64. The first-order valence-electron chi connectivity index (χ1n) is 13.2. The molecule has 3 atom stereocenters. The van der Waals surface area contributed by atoms with Gasteiger partial charge in [-0.2, -0.15) is 4.68 Å². The number of rotatable bonds is 5. The predicted octanol–water partition coefficient (Wildman–Crippen LogP) is 3.28. The number of piperidine rings is 1. The maximum Gasteiger partial charge on any atom is 0.344 e. The normalized spacial score (nSPS) is 26.1. The van der Waals surface area contributed by atoms with E-state index in [0.717, 1.165) is 89.0 Å². The van der Waals surface area contributed by atoms with Gasteiger partial charge in [-0.1, -0.05) is 17.7 Å². The minimum absolute atomic E-state index is 0.122. The molecule has 0 bridgehead atoms. The van der Waals surface area contributed by atoms with Gasteiger partial charge in [0, 0.05) is 69.6 Å². The molecule has 0 saturated carbocycles. The van der Waals surface area contributed by atoms with Crippen molar-refractivity contribution in [3.63, 3.8) is 0 Å². The van der Waals surface area contributed by atoms with Crippen molar-refractivity contribution in [2.24, 2.45) is 17.3 Å². The third-order valence-corrected chi connectivity index (χ3v) is 9.44. The van der Waals surface area contributed by atoms with Crippen molar-refractivity contribution in [3.05, 3.63) is 41.0 Å². The van der Waals surface area contributed by atoms with Crippen LogP contribution in [-0.2, 0) is 22.3 Å². The monoisotopic (exact) mass is 546 g/mol. The first-order valence-corrected chi connectivity index (χ1v) is 15.1. The number of fused-ring (bicyclic) bond motifs is 1. The zero-order valence-corrected chi connectivity index (χ0v) is 22.8. The number of aromatic nitrogens is 2. The SMILES string of the molecule is CS(=O)Nc1ccn(C(=O)N2CCC3(CCN(Cc4ccc(N5CC6COCC6C5)c(Cl)c4)C3)CC2)n1. The number of nitrogens with one attached hydrogen (secondary N) is 1. The fraction of sp³-hybridized carbons (Fsp3) is 0.615. The number of likely N-dealkylation sites (tertiary alicyclic amines) is 2. The van der Waals surface area contributed by atoms with E-state index < -0.39 is 11.0 Å². The van der Waals surface area contributed by atoms with Gasteiger partial charge in [-0.25, -0.2) is 9.00 Å². The Kier molecular flexibility index (Phi) is 6.94. The fourth-order valence-corrected chi connectivity index (χ4v) is 7.29. The van der Waals surface area contributed by atoms with E-state index >= 15 is 0 Å². The molecule has 1 spiro atoms. The highest BCUT2D eigenvalue weighted by Crippen LogP contribution is 2.41. The van der Waals surface area contributed by atoms with Gasteiger partial charge in [0.05, 0.1) is 23.9 Å². The summed E-state index contributed by atoms with van der Waals surface area (Å²) in [6, 6.07) is 8.13. The molecule has 1 aromatic carbocycles. The lowest BCUT2D eigenvalue weighted by atomic mass is 9.78. The molecule has 4 fully saturated rings. The number of benzene rings is 1. The van der Waals surface area contributed by atoms with Crippen LogP contribution in [-0.4, -0.2) is 88.6 Å². The first kappa shape index (κ1) is 25.2. The van der Waals surface area contributed by atoms with Gasteiger partial charge in [0.25, 0.3) is 0 Å². The summed E-state index contributed by atoms with van der Waals surface area (Å²) in [6.45, 7) is 8.34. The highest BCUT2D eigenvalue weighted by atomic mass is 35.5. The van der Waals surface area contributed by atoms with E-state index in [9.17, 15) is 9.00 Å². The van der Waals surface area contributed by atoms with Crippen LogP contribution in [0.3, 0.4) is 0 Å². The molecule has 4 aliphatic heterocycles. The van der Waals surface area contributed by atoms with E-state index in [1.54, 1.807) is 12.3 Å². The second-order valence-corrected chi connectivity index (χ2v) is 12.7. The highest BCUT2D eigenvalue weighted by Gasteiger charge is 2.42. The van der Waals surface area contributed by atoms with Gasteiger partial charge in [0.15, 0.2) is 5.82 Å². The average molecular weight is 547 g/mol. The molecule has 11 heteroatoms. The van der Waals surface area contributed by atoms with E-state index in [2.05, 4.69) is 37.8 Å². The fourth-order valence-electron chi connectivity index (χ4n) is 6.57. The number of nitrogens with zero attached hydrogens (tertiary/aromatic N) is 5. The molecule has 6 rings (SSSR count). The molecule has 200 valence electrons. The number of carbonyl (C=O) groups is 1. The molecule has 1 N–H and O–H groups in total. The van der Waals surface area contributed by atoms with Crippen LogP contribution >= 0.6 is 11.6 Å². The van der Waals surface area contributed by atoms with Gasteiger partial charge < -0.3 is 14.5 Å². The van der Waals surface area contributed by atoms with Crippen LogP contribution in [0.25, 0.3) is 0 Å². The molecule has 2 aromatic rings. The minimum Gasteiger partial charge on any atom is -0.381 e. The van der Waals surface area contributed by atoms with Gasteiger partial charge in [-0.15, -0.1) is 5.10 Å². The van der Waals surface area contributed by atoms with E-state index in [1.165, 1.54) is 16.5 Å². The molecule has 9 nitrogen and oxygen atoms in total. The zero-order chi connectivity index (χ0) is 25.6. The van der Waals surface area contributed by atoms with Crippen LogP contribution in [0.1, 0.15) is 24.8 Å². The molecule has 0 radical (unpaired) electrons. The topological polar surface area (TPSA) is 82.9 Å². The van der Waals surface area contributed by atoms with Crippen molar-refractivity contribution in [3.8, 4) is 0 Å². The van der Waals surface area contributed by atoms with Gasteiger partial charge in [0.1, 0.15) is 11.0 Å². The Morgan fingerprint density at radius 2 is 1.89 bits per heavy atom. The summed E-state index contributed by atoms with van der Waals surface area (Å²) in [4.78, 5) is 19.8. The number of halogens is 1.